The van der Waals surface area contributed by atoms with Crippen molar-refractivity contribution in [2.75, 3.05) is 20.1 Å². The predicted molar refractivity (Wildman–Crippen MR) is 135 cm³/mol. The van der Waals surface area contributed by atoms with Crippen LogP contribution < -0.4 is 0 Å². The normalized spacial score (nSPS) is 16.3. The largest absolute Gasteiger partial charge is 0.346 e. The zero-order chi connectivity index (χ0) is 24.1. The smallest absolute Gasteiger partial charge is 0.141 e. The van der Waals surface area contributed by atoms with E-state index < -0.39 is 5.82 Å². The molecule has 1 aliphatic rings. The number of benzene rings is 2. The molecule has 0 saturated carbocycles. The summed E-state index contributed by atoms with van der Waals surface area (Å²) in [4.78, 5) is 7.28. The minimum absolute atomic E-state index is 0.0372. The molecule has 6 nitrogen and oxygen atoms in total. The van der Waals surface area contributed by atoms with E-state index in [2.05, 4.69) is 39.9 Å². The molecular formula is C28H25FN6. The van der Waals surface area contributed by atoms with E-state index in [4.69, 9.17) is 4.98 Å². The van der Waals surface area contributed by atoms with E-state index in [1.807, 2.05) is 48.4 Å². The van der Waals surface area contributed by atoms with E-state index in [1.165, 1.54) is 12.5 Å². The zero-order valence-electron chi connectivity index (χ0n) is 19.7. The maximum absolute atomic E-state index is 14.7. The number of nitriles is 1. The quantitative estimate of drug-likeness (QED) is 0.366. The summed E-state index contributed by atoms with van der Waals surface area (Å²) in [5.41, 5.74) is 5.41. The zero-order valence-corrected chi connectivity index (χ0v) is 19.7. The van der Waals surface area contributed by atoms with Gasteiger partial charge in [0.2, 0.25) is 0 Å². The number of halogens is 1. The van der Waals surface area contributed by atoms with Gasteiger partial charge < -0.3 is 9.47 Å². The summed E-state index contributed by atoms with van der Waals surface area (Å²) in [6, 6.07) is 15.0. The van der Waals surface area contributed by atoms with E-state index >= 15 is 0 Å². The highest BCUT2D eigenvalue weighted by Gasteiger charge is 2.22. The number of aryl methyl sites for hydroxylation is 1. The maximum atomic E-state index is 14.7. The number of fused-ring (bicyclic) bond motifs is 2. The number of hydrogen-bond acceptors (Lipinski definition) is 4. The van der Waals surface area contributed by atoms with Crippen LogP contribution in [0.1, 0.15) is 12.0 Å². The topological polar surface area (TPSA) is 62.7 Å². The summed E-state index contributed by atoms with van der Waals surface area (Å²) >= 11 is 0. The standard InChI is InChI=1S/C28H25FN6/c1-33-9-7-18(16-33)17-35-10-8-23-26(35)15-31-28(20-5-6-25-22(11-20)14-32-34(25)2)27(23)19-3-4-21(13-30)24(29)12-19/h3-6,8,10-12,14-15,18H,7,9,16-17H2,1-2H3/t18-/m1/s1. The molecule has 1 fully saturated rings. The molecule has 1 atom stereocenters. The average Bonchev–Trinajstić information content (AvgIpc) is 3.57. The van der Waals surface area contributed by atoms with Gasteiger partial charge in [-0.1, -0.05) is 12.1 Å². The first-order chi connectivity index (χ1) is 17.0. The van der Waals surface area contributed by atoms with Crippen molar-refractivity contribution in [1.29, 1.82) is 5.26 Å². The number of aromatic nitrogens is 4. The summed E-state index contributed by atoms with van der Waals surface area (Å²) in [5, 5.41) is 15.6. The Bertz CT molecular complexity index is 1620. The van der Waals surface area contributed by atoms with Gasteiger partial charge in [-0.25, -0.2) is 4.39 Å². The number of hydrogen-bond donors (Lipinski definition) is 0. The van der Waals surface area contributed by atoms with E-state index in [0.29, 0.717) is 11.5 Å². The Morgan fingerprint density at radius 3 is 2.69 bits per heavy atom. The Hall–Kier alpha value is -4.02. The van der Waals surface area contributed by atoms with Crippen LogP contribution >= 0.6 is 0 Å². The Kier molecular flexibility index (Phi) is 5.12. The van der Waals surface area contributed by atoms with Crippen LogP contribution in [0.4, 0.5) is 4.39 Å². The summed E-state index contributed by atoms with van der Waals surface area (Å²) in [6.07, 6.45) is 7.07. The molecule has 5 aromatic rings. The number of rotatable bonds is 4. The molecular weight excluding hydrogens is 439 g/mol. The molecule has 0 spiro atoms. The van der Waals surface area contributed by atoms with Crippen LogP contribution in [0.5, 0.6) is 0 Å². The molecule has 1 saturated heterocycles. The molecule has 0 bridgehead atoms. The second-order valence-electron chi connectivity index (χ2n) is 9.51. The van der Waals surface area contributed by atoms with Crippen molar-refractivity contribution in [3.63, 3.8) is 0 Å². The van der Waals surface area contributed by atoms with E-state index in [9.17, 15) is 9.65 Å². The van der Waals surface area contributed by atoms with Crippen LogP contribution in [0.2, 0.25) is 0 Å². The van der Waals surface area contributed by atoms with Gasteiger partial charge in [0.15, 0.2) is 0 Å². The lowest BCUT2D eigenvalue weighted by Crippen LogP contribution is -2.16. The lowest BCUT2D eigenvalue weighted by atomic mass is 9.95. The Balaban J connectivity index is 1.54. The third-order valence-electron chi connectivity index (χ3n) is 7.17. The van der Waals surface area contributed by atoms with E-state index in [1.54, 1.807) is 6.07 Å². The van der Waals surface area contributed by atoms with Gasteiger partial charge in [0, 0.05) is 48.2 Å². The SMILES string of the molecule is CN1CC[C@@H](Cn2ccc3c(-c4ccc(C#N)c(F)c4)c(-c4ccc5c(cnn5C)c4)ncc32)C1. The van der Waals surface area contributed by atoms with Gasteiger partial charge in [-0.2, -0.15) is 10.4 Å². The van der Waals surface area contributed by atoms with Crippen molar-refractivity contribution in [3.8, 4) is 28.5 Å². The minimum Gasteiger partial charge on any atom is -0.346 e. The fourth-order valence-electron chi connectivity index (χ4n) is 5.35. The number of likely N-dealkylation sites (tertiary alicyclic amines) is 1. The summed E-state index contributed by atoms with van der Waals surface area (Å²) in [6.45, 7) is 3.14. The Labute approximate surface area is 202 Å². The third-order valence-corrected chi connectivity index (χ3v) is 7.17. The number of nitrogens with zero attached hydrogens (tertiary/aromatic N) is 6. The Morgan fingerprint density at radius 1 is 1.06 bits per heavy atom. The fraction of sp³-hybridized carbons (Fsp3) is 0.250. The van der Waals surface area contributed by atoms with Gasteiger partial charge in [-0.3, -0.25) is 9.67 Å². The summed E-state index contributed by atoms with van der Waals surface area (Å²) in [7, 11) is 4.08. The molecule has 2 aromatic carbocycles. The molecule has 6 rings (SSSR count). The van der Waals surface area contributed by atoms with Crippen molar-refractivity contribution in [1.82, 2.24) is 24.2 Å². The number of pyridine rings is 1. The lowest BCUT2D eigenvalue weighted by Gasteiger charge is -2.15. The monoisotopic (exact) mass is 464 g/mol. The first-order valence-corrected chi connectivity index (χ1v) is 11.8. The molecule has 0 unspecified atom stereocenters. The second-order valence-corrected chi connectivity index (χ2v) is 9.51. The Morgan fingerprint density at radius 2 is 1.91 bits per heavy atom. The molecule has 0 radical (unpaired) electrons. The molecule has 4 heterocycles. The molecule has 35 heavy (non-hydrogen) atoms. The molecule has 1 aliphatic heterocycles. The lowest BCUT2D eigenvalue weighted by molar-refractivity contribution is 0.380. The first-order valence-electron chi connectivity index (χ1n) is 11.8. The molecule has 0 amide bonds. The summed E-state index contributed by atoms with van der Waals surface area (Å²) < 4.78 is 18.8. The summed E-state index contributed by atoms with van der Waals surface area (Å²) in [5.74, 6) is 0.0724. The average molecular weight is 465 g/mol. The highest BCUT2D eigenvalue weighted by atomic mass is 19.1. The maximum Gasteiger partial charge on any atom is 0.141 e. The van der Waals surface area contributed by atoms with Crippen molar-refractivity contribution in [3.05, 3.63) is 72.4 Å². The van der Waals surface area contributed by atoms with Crippen molar-refractivity contribution < 1.29 is 4.39 Å². The molecule has 3 aromatic heterocycles. The van der Waals surface area contributed by atoms with Crippen LogP contribution in [-0.4, -0.2) is 44.4 Å². The van der Waals surface area contributed by atoms with Gasteiger partial charge in [0.1, 0.15) is 11.9 Å². The molecule has 0 aliphatic carbocycles. The molecule has 7 heteroatoms. The first kappa shape index (κ1) is 21.5. The van der Waals surface area contributed by atoms with Crippen molar-refractivity contribution in [2.45, 2.75) is 13.0 Å². The van der Waals surface area contributed by atoms with Gasteiger partial charge in [0.25, 0.3) is 0 Å². The minimum atomic E-state index is -0.524. The van der Waals surface area contributed by atoms with Crippen LogP contribution in [0.25, 0.3) is 44.2 Å². The van der Waals surface area contributed by atoms with Crippen LogP contribution in [-0.2, 0) is 13.6 Å². The van der Waals surface area contributed by atoms with Gasteiger partial charge in [-0.05, 0) is 61.8 Å². The molecule has 0 N–H and O–H groups in total. The highest BCUT2D eigenvalue weighted by molar-refractivity contribution is 6.02. The van der Waals surface area contributed by atoms with E-state index in [-0.39, 0.29) is 5.56 Å². The highest BCUT2D eigenvalue weighted by Crippen LogP contribution is 2.38. The fourth-order valence-corrected chi connectivity index (χ4v) is 5.35. The van der Waals surface area contributed by atoms with Gasteiger partial charge in [0.05, 0.1) is 34.7 Å². The van der Waals surface area contributed by atoms with Gasteiger partial charge >= 0.3 is 0 Å². The third kappa shape index (κ3) is 3.67. The predicted octanol–water partition coefficient (Wildman–Crippen LogP) is 5.22. The van der Waals surface area contributed by atoms with Crippen molar-refractivity contribution in [2.24, 2.45) is 13.0 Å². The van der Waals surface area contributed by atoms with Crippen LogP contribution in [0.3, 0.4) is 0 Å². The van der Waals surface area contributed by atoms with Crippen LogP contribution in [0, 0.1) is 23.1 Å². The van der Waals surface area contributed by atoms with Gasteiger partial charge in [-0.15, -0.1) is 0 Å². The molecule has 174 valence electrons. The van der Waals surface area contributed by atoms with Crippen molar-refractivity contribution >= 4 is 21.8 Å². The second kappa shape index (κ2) is 8.33. The van der Waals surface area contributed by atoms with Crippen LogP contribution in [0.15, 0.2) is 61.1 Å². The van der Waals surface area contributed by atoms with E-state index in [0.717, 1.165) is 58.3 Å².